The van der Waals surface area contributed by atoms with Crippen LogP contribution in [0.2, 0.25) is 4.34 Å². The molecule has 4 aromatic rings. The van der Waals surface area contributed by atoms with Crippen LogP contribution in [-0.2, 0) is 4.79 Å². The molecule has 2 amide bonds. The summed E-state index contributed by atoms with van der Waals surface area (Å²) in [6.45, 7) is 1.72. The van der Waals surface area contributed by atoms with Crippen LogP contribution in [0.25, 0.3) is 16.6 Å². The van der Waals surface area contributed by atoms with Crippen LogP contribution >= 0.6 is 22.9 Å². The number of thiophene rings is 1. The fourth-order valence-electron chi connectivity index (χ4n) is 4.33. The first-order chi connectivity index (χ1) is 15.8. The fourth-order valence-corrected chi connectivity index (χ4v) is 5.53. The third-order valence-corrected chi connectivity index (χ3v) is 7.16. The van der Waals surface area contributed by atoms with Crippen molar-refractivity contribution in [3.8, 4) is 5.69 Å². The van der Waals surface area contributed by atoms with Gasteiger partial charge in [0.15, 0.2) is 0 Å². The minimum atomic E-state index is -1.19. The first kappa shape index (κ1) is 21.4. The highest BCUT2D eigenvalue weighted by atomic mass is 35.5. The number of hydrogen-bond donors (Lipinski definition) is 2. The van der Waals surface area contributed by atoms with Gasteiger partial charge in [-0.3, -0.25) is 4.79 Å². The maximum Gasteiger partial charge on any atom is 0.404 e. The predicted molar refractivity (Wildman–Crippen MR) is 125 cm³/mol. The van der Waals surface area contributed by atoms with Gasteiger partial charge < -0.3 is 15.3 Å². The van der Waals surface area contributed by atoms with Crippen LogP contribution in [-0.4, -0.2) is 32.9 Å². The zero-order valence-electron chi connectivity index (χ0n) is 17.3. The molecule has 33 heavy (non-hydrogen) atoms. The number of nitrogens with zero attached hydrogens (tertiary/aromatic N) is 3. The van der Waals surface area contributed by atoms with E-state index in [1.807, 2.05) is 18.2 Å². The Kier molecular flexibility index (Phi) is 5.30. The van der Waals surface area contributed by atoms with E-state index in [0.29, 0.717) is 15.7 Å². The van der Waals surface area contributed by atoms with Gasteiger partial charge in [-0.25, -0.2) is 13.9 Å². The molecule has 2 aromatic heterocycles. The molecule has 0 unspecified atom stereocenters. The second-order valence-corrected chi connectivity index (χ2v) is 9.58. The molecule has 2 N–H and O–H groups in total. The SMILES string of the molecule is C[C@H]1C(=O)N(c2ccc3c(cnn3-c3ccc(F)cc3)c2)[C@H](c2ccc(Cl)s2)[C@H]1NC(=O)O. The summed E-state index contributed by atoms with van der Waals surface area (Å²) in [5.74, 6) is -1.08. The molecule has 1 aliphatic heterocycles. The number of carbonyl (C=O) groups is 2. The molecular formula is C23H18ClFN4O3S. The van der Waals surface area contributed by atoms with Crippen molar-refractivity contribution in [2.45, 2.75) is 19.0 Å². The highest BCUT2D eigenvalue weighted by Gasteiger charge is 2.48. The number of nitrogens with one attached hydrogen (secondary N) is 1. The lowest BCUT2D eigenvalue weighted by Gasteiger charge is -2.27. The molecule has 0 saturated carbocycles. The number of anilines is 1. The number of carbonyl (C=O) groups excluding carboxylic acids is 1. The summed E-state index contributed by atoms with van der Waals surface area (Å²) in [5, 5.41) is 17.1. The van der Waals surface area contributed by atoms with Crippen LogP contribution in [0.1, 0.15) is 17.8 Å². The molecule has 1 saturated heterocycles. The summed E-state index contributed by atoms with van der Waals surface area (Å²) in [7, 11) is 0. The van der Waals surface area contributed by atoms with Gasteiger partial charge in [-0.15, -0.1) is 11.3 Å². The zero-order valence-corrected chi connectivity index (χ0v) is 18.8. The highest BCUT2D eigenvalue weighted by Crippen LogP contribution is 2.43. The molecule has 0 spiro atoms. The molecule has 7 nitrogen and oxygen atoms in total. The van der Waals surface area contributed by atoms with Crippen LogP contribution in [0.4, 0.5) is 14.9 Å². The van der Waals surface area contributed by atoms with Crippen LogP contribution in [0.3, 0.4) is 0 Å². The Balaban J connectivity index is 1.58. The normalized spacial score (nSPS) is 20.5. The molecule has 2 aromatic carbocycles. The van der Waals surface area contributed by atoms with Crippen LogP contribution in [0.15, 0.2) is 60.8 Å². The number of rotatable bonds is 4. The topological polar surface area (TPSA) is 87.5 Å². The quantitative estimate of drug-likeness (QED) is 0.414. The molecule has 0 radical (unpaired) electrons. The third kappa shape index (κ3) is 3.73. The van der Waals surface area contributed by atoms with Crippen molar-refractivity contribution in [1.29, 1.82) is 0 Å². The summed E-state index contributed by atoms with van der Waals surface area (Å²) in [4.78, 5) is 27.2. The van der Waals surface area contributed by atoms with Gasteiger partial charge >= 0.3 is 6.09 Å². The molecule has 1 fully saturated rings. The van der Waals surface area contributed by atoms with Crippen LogP contribution < -0.4 is 10.2 Å². The monoisotopic (exact) mass is 484 g/mol. The number of benzene rings is 2. The van der Waals surface area contributed by atoms with Crippen molar-refractivity contribution in [3.05, 3.63) is 75.8 Å². The van der Waals surface area contributed by atoms with E-state index < -0.39 is 24.1 Å². The first-order valence-corrected chi connectivity index (χ1v) is 11.3. The van der Waals surface area contributed by atoms with Crippen molar-refractivity contribution < 1.29 is 19.1 Å². The zero-order chi connectivity index (χ0) is 23.3. The van der Waals surface area contributed by atoms with E-state index >= 15 is 0 Å². The average Bonchev–Trinajstić information content (AvgIpc) is 3.46. The molecule has 10 heteroatoms. The van der Waals surface area contributed by atoms with E-state index in [0.717, 1.165) is 15.8 Å². The Labute approximate surface area is 197 Å². The fraction of sp³-hybridized carbons (Fsp3) is 0.174. The van der Waals surface area contributed by atoms with Crippen molar-refractivity contribution in [2.24, 2.45) is 5.92 Å². The summed E-state index contributed by atoms with van der Waals surface area (Å²) < 4.78 is 15.6. The van der Waals surface area contributed by atoms with Gasteiger partial charge in [0.05, 0.1) is 39.7 Å². The summed E-state index contributed by atoms with van der Waals surface area (Å²) >= 11 is 7.47. The maximum absolute atomic E-state index is 13.3. The highest BCUT2D eigenvalue weighted by molar-refractivity contribution is 7.16. The van der Waals surface area contributed by atoms with Crippen molar-refractivity contribution in [2.75, 3.05) is 4.90 Å². The molecule has 0 aliphatic carbocycles. The lowest BCUT2D eigenvalue weighted by atomic mass is 9.99. The van der Waals surface area contributed by atoms with Crippen molar-refractivity contribution in [3.63, 3.8) is 0 Å². The standard InChI is InChI=1S/C23H18ClFN4O3S/c1-12-20(27-23(31)32)21(18-8-9-19(24)33-18)28(22(12)30)16-6-7-17-13(10-16)11-26-29(17)15-4-2-14(25)3-5-15/h2-12,20-21,27H,1H3,(H,31,32)/t12-,20+,21-/m1/s1. The van der Waals surface area contributed by atoms with E-state index in [1.54, 1.807) is 47.0 Å². The summed E-state index contributed by atoms with van der Waals surface area (Å²) in [6, 6.07) is 13.9. The average molecular weight is 485 g/mol. The van der Waals surface area contributed by atoms with E-state index in [4.69, 9.17) is 11.6 Å². The Morgan fingerprint density at radius 1 is 1.15 bits per heavy atom. The third-order valence-electron chi connectivity index (χ3n) is 5.86. The largest absolute Gasteiger partial charge is 0.465 e. The number of amides is 2. The lowest BCUT2D eigenvalue weighted by molar-refractivity contribution is -0.120. The predicted octanol–water partition coefficient (Wildman–Crippen LogP) is 5.24. The molecule has 1 aliphatic rings. The smallest absolute Gasteiger partial charge is 0.404 e. The minimum absolute atomic E-state index is 0.187. The Hall–Kier alpha value is -3.43. The molecule has 168 valence electrons. The van der Waals surface area contributed by atoms with E-state index in [-0.39, 0.29) is 11.7 Å². The molecular weight excluding hydrogens is 467 g/mol. The number of aromatic nitrogens is 2. The summed E-state index contributed by atoms with van der Waals surface area (Å²) in [6.07, 6.45) is 0.487. The molecule has 3 heterocycles. The Morgan fingerprint density at radius 2 is 1.88 bits per heavy atom. The van der Waals surface area contributed by atoms with Crippen molar-refractivity contribution >= 4 is 51.5 Å². The van der Waals surface area contributed by atoms with E-state index in [1.165, 1.54) is 23.5 Å². The van der Waals surface area contributed by atoms with Gasteiger partial charge in [0, 0.05) is 16.0 Å². The van der Waals surface area contributed by atoms with Crippen molar-refractivity contribution in [1.82, 2.24) is 15.1 Å². The molecule has 0 bridgehead atoms. The minimum Gasteiger partial charge on any atom is -0.465 e. The number of fused-ring (bicyclic) bond motifs is 1. The molecule has 5 rings (SSSR count). The van der Waals surface area contributed by atoms with Gasteiger partial charge in [-0.05, 0) is 54.6 Å². The Bertz CT molecular complexity index is 1370. The second kappa shape index (κ2) is 8.17. The van der Waals surface area contributed by atoms with Gasteiger partial charge in [0.25, 0.3) is 0 Å². The van der Waals surface area contributed by atoms with Gasteiger partial charge in [-0.1, -0.05) is 18.5 Å². The summed E-state index contributed by atoms with van der Waals surface area (Å²) in [5.41, 5.74) is 2.13. The van der Waals surface area contributed by atoms with Gasteiger partial charge in [0.1, 0.15) is 5.82 Å². The second-order valence-electron chi connectivity index (χ2n) is 7.83. The van der Waals surface area contributed by atoms with Crippen LogP contribution in [0, 0.1) is 11.7 Å². The lowest BCUT2D eigenvalue weighted by Crippen LogP contribution is -2.41. The van der Waals surface area contributed by atoms with E-state index in [9.17, 15) is 19.1 Å². The molecule has 3 atom stereocenters. The van der Waals surface area contributed by atoms with E-state index in [2.05, 4.69) is 10.4 Å². The van der Waals surface area contributed by atoms with Crippen LogP contribution in [0.5, 0.6) is 0 Å². The maximum atomic E-state index is 13.3. The number of carboxylic acid groups (broad SMARTS) is 1. The number of hydrogen-bond acceptors (Lipinski definition) is 4. The Morgan fingerprint density at radius 3 is 2.55 bits per heavy atom. The van der Waals surface area contributed by atoms with Gasteiger partial charge in [-0.2, -0.15) is 5.10 Å². The van der Waals surface area contributed by atoms with Gasteiger partial charge in [0.2, 0.25) is 5.91 Å². The number of halogens is 2. The first-order valence-electron chi connectivity index (χ1n) is 10.1.